The first-order valence-corrected chi connectivity index (χ1v) is 8.37. The number of hydrogen-bond donors (Lipinski definition) is 1. The fraction of sp³-hybridized carbons (Fsp3) is 0.0667. The quantitative estimate of drug-likeness (QED) is 0.483. The average molecular weight is 438 g/mol. The van der Waals surface area contributed by atoms with E-state index in [1.807, 2.05) is 24.3 Å². The summed E-state index contributed by atoms with van der Waals surface area (Å²) in [5, 5.41) is 25.2. The number of carbonyl (C=O) groups excluding carboxylic acids is 1. The van der Waals surface area contributed by atoms with Crippen molar-refractivity contribution in [3.8, 4) is 11.4 Å². The van der Waals surface area contributed by atoms with Crippen LogP contribution in [0, 0.1) is 10.1 Å². The van der Waals surface area contributed by atoms with Gasteiger partial charge in [-0.25, -0.2) is 0 Å². The second-order valence-corrected chi connectivity index (χ2v) is 6.44. The van der Waals surface area contributed by atoms with Gasteiger partial charge < -0.3 is 5.32 Å². The minimum atomic E-state index is -0.569. The molecule has 132 valence electrons. The van der Waals surface area contributed by atoms with Crippen LogP contribution < -0.4 is 5.32 Å². The predicted octanol–water partition coefficient (Wildman–Crippen LogP) is 3.30. The zero-order chi connectivity index (χ0) is 18.7. The van der Waals surface area contributed by atoms with Gasteiger partial charge in [0.25, 0.3) is 5.69 Å². The van der Waals surface area contributed by atoms with Crippen molar-refractivity contribution in [2.75, 3.05) is 5.32 Å². The van der Waals surface area contributed by atoms with Gasteiger partial charge in [0.2, 0.25) is 11.7 Å². The van der Waals surface area contributed by atoms with E-state index in [9.17, 15) is 14.9 Å². The Morgan fingerprint density at radius 1 is 1.27 bits per heavy atom. The van der Waals surface area contributed by atoms with E-state index in [0.717, 1.165) is 20.9 Å². The van der Waals surface area contributed by atoms with E-state index in [-0.39, 0.29) is 22.9 Å². The van der Waals surface area contributed by atoms with Gasteiger partial charge in [0, 0.05) is 22.2 Å². The molecule has 0 fully saturated rings. The van der Waals surface area contributed by atoms with Crippen molar-refractivity contribution in [2.45, 2.75) is 6.54 Å². The second-order valence-electron chi connectivity index (χ2n) is 5.12. The SMILES string of the molecule is O=C(Cn1nnc(-c2ccc(Br)cc2)n1)Nc1ccc([N+](=O)[O-])cc1Cl. The number of anilines is 1. The van der Waals surface area contributed by atoms with Crippen LogP contribution in [-0.2, 0) is 11.3 Å². The third-order valence-electron chi connectivity index (χ3n) is 3.28. The summed E-state index contributed by atoms with van der Waals surface area (Å²) in [6.07, 6.45) is 0. The number of rotatable bonds is 5. The van der Waals surface area contributed by atoms with Crippen LogP contribution in [0.25, 0.3) is 11.4 Å². The Morgan fingerprint density at radius 2 is 2.00 bits per heavy atom. The van der Waals surface area contributed by atoms with Crippen LogP contribution in [0.15, 0.2) is 46.9 Å². The number of non-ortho nitro benzene ring substituents is 1. The average Bonchev–Trinajstić information content (AvgIpc) is 3.05. The Hall–Kier alpha value is -2.85. The van der Waals surface area contributed by atoms with Crippen LogP contribution in [0.3, 0.4) is 0 Å². The maximum absolute atomic E-state index is 12.1. The molecule has 0 aliphatic rings. The highest BCUT2D eigenvalue weighted by atomic mass is 79.9. The van der Waals surface area contributed by atoms with Crippen molar-refractivity contribution in [3.63, 3.8) is 0 Å². The highest BCUT2D eigenvalue weighted by Crippen LogP contribution is 2.26. The molecule has 2 aromatic carbocycles. The highest BCUT2D eigenvalue weighted by Gasteiger charge is 2.13. The largest absolute Gasteiger partial charge is 0.323 e. The third-order valence-corrected chi connectivity index (χ3v) is 4.12. The van der Waals surface area contributed by atoms with Gasteiger partial charge in [-0.2, -0.15) is 4.80 Å². The maximum Gasteiger partial charge on any atom is 0.271 e. The van der Waals surface area contributed by atoms with Crippen LogP contribution >= 0.6 is 27.5 Å². The fourth-order valence-corrected chi connectivity index (χ4v) is 2.55. The molecule has 1 amide bonds. The fourth-order valence-electron chi connectivity index (χ4n) is 2.06. The first kappa shape index (κ1) is 18.0. The van der Waals surface area contributed by atoms with Crippen LogP contribution in [0.1, 0.15) is 0 Å². The first-order chi connectivity index (χ1) is 12.4. The van der Waals surface area contributed by atoms with Crippen molar-refractivity contribution in [1.29, 1.82) is 0 Å². The summed E-state index contributed by atoms with van der Waals surface area (Å²) >= 11 is 9.29. The number of tetrazole rings is 1. The number of benzene rings is 2. The Balaban J connectivity index is 1.67. The van der Waals surface area contributed by atoms with E-state index in [1.54, 1.807) is 0 Å². The van der Waals surface area contributed by atoms with Gasteiger partial charge in [0.15, 0.2) is 0 Å². The van der Waals surface area contributed by atoms with Crippen molar-refractivity contribution < 1.29 is 9.72 Å². The summed E-state index contributed by atoms with van der Waals surface area (Å²) in [6, 6.07) is 11.1. The van der Waals surface area contributed by atoms with E-state index in [2.05, 4.69) is 36.7 Å². The summed E-state index contributed by atoms with van der Waals surface area (Å²) in [6.45, 7) is -0.184. The number of aromatic nitrogens is 4. The minimum Gasteiger partial charge on any atom is -0.323 e. The van der Waals surface area contributed by atoms with Crippen molar-refractivity contribution in [2.24, 2.45) is 0 Å². The lowest BCUT2D eigenvalue weighted by Gasteiger charge is -2.06. The van der Waals surface area contributed by atoms with E-state index in [0.29, 0.717) is 5.82 Å². The lowest BCUT2D eigenvalue weighted by molar-refractivity contribution is -0.384. The Morgan fingerprint density at radius 3 is 2.65 bits per heavy atom. The number of carbonyl (C=O) groups is 1. The van der Waals surface area contributed by atoms with Crippen LogP contribution in [0.2, 0.25) is 5.02 Å². The summed E-state index contributed by atoms with van der Waals surface area (Å²) in [4.78, 5) is 23.4. The monoisotopic (exact) mass is 436 g/mol. The van der Waals surface area contributed by atoms with Crippen LogP contribution in [0.5, 0.6) is 0 Å². The smallest absolute Gasteiger partial charge is 0.271 e. The lowest BCUT2D eigenvalue weighted by atomic mass is 10.2. The van der Waals surface area contributed by atoms with E-state index >= 15 is 0 Å². The van der Waals surface area contributed by atoms with Gasteiger partial charge in [-0.05, 0) is 35.5 Å². The molecule has 0 spiro atoms. The van der Waals surface area contributed by atoms with E-state index < -0.39 is 10.8 Å². The molecule has 1 aromatic heterocycles. The molecule has 3 rings (SSSR count). The molecule has 0 saturated carbocycles. The van der Waals surface area contributed by atoms with Gasteiger partial charge in [0.05, 0.1) is 15.6 Å². The van der Waals surface area contributed by atoms with Gasteiger partial charge in [-0.15, -0.1) is 10.2 Å². The summed E-state index contributed by atoms with van der Waals surface area (Å²) in [5.74, 6) is -0.0563. The molecule has 0 bridgehead atoms. The first-order valence-electron chi connectivity index (χ1n) is 7.20. The molecular weight excluding hydrogens is 428 g/mol. The molecule has 0 aliphatic heterocycles. The van der Waals surface area contributed by atoms with E-state index in [4.69, 9.17) is 11.6 Å². The molecule has 0 radical (unpaired) electrons. The van der Waals surface area contributed by atoms with Crippen molar-refractivity contribution >= 4 is 44.8 Å². The second kappa shape index (κ2) is 7.58. The maximum atomic E-state index is 12.1. The highest BCUT2D eigenvalue weighted by molar-refractivity contribution is 9.10. The minimum absolute atomic E-state index is 0.0645. The lowest BCUT2D eigenvalue weighted by Crippen LogP contribution is -2.20. The standard InChI is InChI=1S/C15H10BrClN6O3/c16-10-3-1-9(2-4-10)15-19-21-22(20-15)8-14(24)18-13-6-5-11(23(25)26)7-12(13)17/h1-7H,8H2,(H,18,24). The summed E-state index contributed by atoms with van der Waals surface area (Å²) in [7, 11) is 0. The Labute approximate surface area is 160 Å². The molecule has 0 aliphatic carbocycles. The number of nitro groups is 1. The topological polar surface area (TPSA) is 116 Å². The van der Waals surface area contributed by atoms with Gasteiger partial charge in [-0.1, -0.05) is 27.5 Å². The summed E-state index contributed by atoms with van der Waals surface area (Å²) < 4.78 is 0.924. The third kappa shape index (κ3) is 4.21. The van der Waals surface area contributed by atoms with Crippen molar-refractivity contribution in [1.82, 2.24) is 20.2 Å². The number of amides is 1. The molecule has 9 nitrogen and oxygen atoms in total. The normalized spacial score (nSPS) is 10.5. The van der Waals surface area contributed by atoms with Crippen LogP contribution in [-0.4, -0.2) is 31.0 Å². The molecule has 11 heteroatoms. The molecule has 0 saturated heterocycles. The Bertz CT molecular complexity index is 976. The number of nitrogens with zero attached hydrogens (tertiary/aromatic N) is 5. The molecule has 26 heavy (non-hydrogen) atoms. The number of nitrogens with one attached hydrogen (secondary N) is 1. The molecule has 1 N–H and O–H groups in total. The van der Waals surface area contributed by atoms with Gasteiger partial charge in [-0.3, -0.25) is 14.9 Å². The molecular formula is C15H10BrClN6O3. The van der Waals surface area contributed by atoms with Crippen molar-refractivity contribution in [3.05, 3.63) is 62.1 Å². The molecule has 3 aromatic rings. The predicted molar refractivity (Wildman–Crippen MR) is 97.7 cm³/mol. The molecule has 1 heterocycles. The zero-order valence-corrected chi connectivity index (χ0v) is 15.3. The summed E-state index contributed by atoms with van der Waals surface area (Å²) in [5.41, 5.74) is 0.860. The number of nitro benzene ring substituents is 1. The zero-order valence-electron chi connectivity index (χ0n) is 13.0. The number of hydrogen-bond acceptors (Lipinski definition) is 6. The van der Waals surface area contributed by atoms with Gasteiger partial charge >= 0.3 is 0 Å². The molecule has 0 atom stereocenters. The Kier molecular flexibility index (Phi) is 5.24. The van der Waals surface area contributed by atoms with Crippen LogP contribution in [0.4, 0.5) is 11.4 Å². The molecule has 0 unspecified atom stereocenters. The number of halogens is 2. The van der Waals surface area contributed by atoms with E-state index in [1.165, 1.54) is 12.1 Å². The van der Waals surface area contributed by atoms with Gasteiger partial charge in [0.1, 0.15) is 6.54 Å².